The minimum atomic E-state index is 0.559. The third-order valence-electron chi connectivity index (χ3n) is 4.54. The topological polar surface area (TPSA) is 12.5 Å². The van der Waals surface area contributed by atoms with Gasteiger partial charge < -0.3 is 9.64 Å². The number of ether oxygens (including phenoxy) is 1. The predicted octanol–water partition coefficient (Wildman–Crippen LogP) is 4.96. The van der Waals surface area contributed by atoms with Gasteiger partial charge >= 0.3 is 0 Å². The normalized spacial score (nSPS) is 13.8. The van der Waals surface area contributed by atoms with Crippen molar-refractivity contribution in [2.75, 3.05) is 20.7 Å². The SMILES string of the molecule is CCC(c1cccc(OC)c1)[C@@H](C)CN(C)Cc1ccccc1. The van der Waals surface area contributed by atoms with Crippen molar-refractivity contribution < 1.29 is 4.74 Å². The lowest BCUT2D eigenvalue weighted by atomic mass is 9.84. The number of nitrogens with zero attached hydrogens (tertiary/aromatic N) is 1. The van der Waals surface area contributed by atoms with Crippen LogP contribution < -0.4 is 4.74 Å². The lowest BCUT2D eigenvalue weighted by Gasteiger charge is -2.28. The summed E-state index contributed by atoms with van der Waals surface area (Å²) in [5.74, 6) is 2.11. The molecule has 2 rings (SSSR count). The highest BCUT2D eigenvalue weighted by Gasteiger charge is 2.19. The van der Waals surface area contributed by atoms with Crippen molar-refractivity contribution in [1.29, 1.82) is 0 Å². The third kappa shape index (κ3) is 5.11. The van der Waals surface area contributed by atoms with Crippen LogP contribution in [-0.4, -0.2) is 25.6 Å². The fourth-order valence-electron chi connectivity index (χ4n) is 3.42. The molecule has 2 aromatic rings. The molecule has 2 heteroatoms. The molecule has 0 aliphatic rings. The lowest BCUT2D eigenvalue weighted by Crippen LogP contribution is -2.27. The maximum absolute atomic E-state index is 5.38. The Hall–Kier alpha value is -1.80. The van der Waals surface area contributed by atoms with E-state index in [2.05, 4.69) is 74.3 Å². The van der Waals surface area contributed by atoms with Crippen molar-refractivity contribution >= 4 is 0 Å². The number of benzene rings is 2. The molecule has 23 heavy (non-hydrogen) atoms. The minimum absolute atomic E-state index is 0.559. The molecule has 1 unspecified atom stereocenters. The molecule has 0 N–H and O–H groups in total. The van der Waals surface area contributed by atoms with Gasteiger partial charge in [-0.25, -0.2) is 0 Å². The molecule has 2 atom stereocenters. The Balaban J connectivity index is 2.00. The van der Waals surface area contributed by atoms with Gasteiger partial charge in [-0.2, -0.15) is 0 Å². The maximum Gasteiger partial charge on any atom is 0.119 e. The molecule has 0 aliphatic carbocycles. The van der Waals surface area contributed by atoms with Crippen molar-refractivity contribution in [2.24, 2.45) is 5.92 Å². The van der Waals surface area contributed by atoms with Crippen LogP contribution in [0.4, 0.5) is 0 Å². The van der Waals surface area contributed by atoms with Crippen molar-refractivity contribution in [1.82, 2.24) is 4.90 Å². The molecular weight excluding hydrogens is 282 g/mol. The molecule has 2 aromatic carbocycles. The summed E-state index contributed by atoms with van der Waals surface area (Å²) < 4.78 is 5.38. The zero-order valence-corrected chi connectivity index (χ0v) is 14.8. The van der Waals surface area contributed by atoms with Gasteiger partial charge in [-0.1, -0.05) is 56.3 Å². The summed E-state index contributed by atoms with van der Waals surface area (Å²) >= 11 is 0. The Morgan fingerprint density at radius 3 is 2.43 bits per heavy atom. The first-order chi connectivity index (χ1) is 11.1. The van der Waals surface area contributed by atoms with Gasteiger partial charge in [0.1, 0.15) is 5.75 Å². The molecule has 0 aromatic heterocycles. The molecular formula is C21H29NO. The van der Waals surface area contributed by atoms with Crippen molar-refractivity contribution in [3.05, 3.63) is 65.7 Å². The first kappa shape index (κ1) is 17.6. The van der Waals surface area contributed by atoms with Crippen LogP contribution in [0.2, 0.25) is 0 Å². The van der Waals surface area contributed by atoms with E-state index in [0.29, 0.717) is 11.8 Å². The second-order valence-corrected chi connectivity index (χ2v) is 6.45. The van der Waals surface area contributed by atoms with Gasteiger partial charge in [0, 0.05) is 13.1 Å². The largest absolute Gasteiger partial charge is 0.497 e. The molecule has 0 radical (unpaired) electrons. The van der Waals surface area contributed by atoms with Crippen molar-refractivity contribution in [2.45, 2.75) is 32.7 Å². The summed E-state index contributed by atoms with van der Waals surface area (Å²) in [7, 11) is 3.94. The van der Waals surface area contributed by atoms with Crippen LogP contribution in [0.3, 0.4) is 0 Å². The highest BCUT2D eigenvalue weighted by Crippen LogP contribution is 2.30. The third-order valence-corrected chi connectivity index (χ3v) is 4.54. The van der Waals surface area contributed by atoms with E-state index in [0.717, 1.165) is 25.3 Å². The molecule has 0 bridgehead atoms. The highest BCUT2D eigenvalue weighted by atomic mass is 16.5. The average Bonchev–Trinajstić information content (AvgIpc) is 2.56. The van der Waals surface area contributed by atoms with Gasteiger partial charge in [0.15, 0.2) is 0 Å². The van der Waals surface area contributed by atoms with Crippen LogP contribution in [0.15, 0.2) is 54.6 Å². The zero-order chi connectivity index (χ0) is 16.7. The summed E-state index contributed by atoms with van der Waals surface area (Å²) in [6.45, 7) is 6.72. The van der Waals surface area contributed by atoms with E-state index in [1.54, 1.807) is 7.11 Å². The van der Waals surface area contributed by atoms with E-state index < -0.39 is 0 Å². The van der Waals surface area contributed by atoms with E-state index in [4.69, 9.17) is 4.74 Å². The predicted molar refractivity (Wildman–Crippen MR) is 98.0 cm³/mol. The summed E-state index contributed by atoms with van der Waals surface area (Å²) in [4.78, 5) is 2.42. The molecule has 124 valence electrons. The van der Waals surface area contributed by atoms with Gasteiger partial charge in [-0.3, -0.25) is 0 Å². The summed E-state index contributed by atoms with van der Waals surface area (Å²) in [5.41, 5.74) is 2.75. The first-order valence-corrected chi connectivity index (χ1v) is 8.50. The quantitative estimate of drug-likeness (QED) is 0.683. The average molecular weight is 311 g/mol. The molecule has 0 spiro atoms. The van der Waals surface area contributed by atoms with Crippen molar-refractivity contribution in [3.63, 3.8) is 0 Å². The molecule has 0 heterocycles. The van der Waals surface area contributed by atoms with Crippen LogP contribution in [-0.2, 0) is 6.54 Å². The molecule has 0 saturated heterocycles. The van der Waals surface area contributed by atoms with Crippen LogP contribution >= 0.6 is 0 Å². The van der Waals surface area contributed by atoms with E-state index in [1.165, 1.54) is 11.1 Å². The molecule has 0 aliphatic heterocycles. The second-order valence-electron chi connectivity index (χ2n) is 6.45. The van der Waals surface area contributed by atoms with Gasteiger partial charge in [0.05, 0.1) is 7.11 Å². The van der Waals surface area contributed by atoms with E-state index in [9.17, 15) is 0 Å². The Kier molecular flexibility index (Phi) is 6.66. The van der Waals surface area contributed by atoms with Gasteiger partial charge in [-0.15, -0.1) is 0 Å². The number of hydrogen-bond acceptors (Lipinski definition) is 2. The van der Waals surface area contributed by atoms with Crippen LogP contribution in [0.5, 0.6) is 5.75 Å². The number of methoxy groups -OCH3 is 1. The molecule has 0 saturated carbocycles. The zero-order valence-electron chi connectivity index (χ0n) is 14.8. The fourth-order valence-corrected chi connectivity index (χ4v) is 3.42. The van der Waals surface area contributed by atoms with E-state index in [-0.39, 0.29) is 0 Å². The summed E-state index contributed by atoms with van der Waals surface area (Å²) in [5, 5.41) is 0. The molecule has 0 amide bonds. The summed E-state index contributed by atoms with van der Waals surface area (Å²) in [6.07, 6.45) is 1.15. The fraction of sp³-hybridized carbons (Fsp3) is 0.429. The Morgan fingerprint density at radius 1 is 1.04 bits per heavy atom. The van der Waals surface area contributed by atoms with Crippen LogP contribution in [0, 0.1) is 5.92 Å². The number of hydrogen-bond donors (Lipinski definition) is 0. The van der Waals surface area contributed by atoms with E-state index >= 15 is 0 Å². The van der Waals surface area contributed by atoms with Gasteiger partial charge in [0.25, 0.3) is 0 Å². The maximum atomic E-state index is 5.38. The Labute approximate surface area is 141 Å². The van der Waals surface area contributed by atoms with Gasteiger partial charge in [0.2, 0.25) is 0 Å². The monoisotopic (exact) mass is 311 g/mol. The molecule has 0 fully saturated rings. The van der Waals surface area contributed by atoms with Crippen LogP contribution in [0.1, 0.15) is 37.3 Å². The Bertz CT molecular complexity index is 581. The van der Waals surface area contributed by atoms with Crippen molar-refractivity contribution in [3.8, 4) is 5.75 Å². The standard InChI is InChI=1S/C21H29NO/c1-5-21(19-12-9-13-20(14-19)23-4)17(2)15-22(3)16-18-10-7-6-8-11-18/h6-14,17,21H,5,15-16H2,1-4H3/t17-,21?/m0/s1. The smallest absolute Gasteiger partial charge is 0.119 e. The minimum Gasteiger partial charge on any atom is -0.497 e. The lowest BCUT2D eigenvalue weighted by molar-refractivity contribution is 0.254. The highest BCUT2D eigenvalue weighted by molar-refractivity contribution is 5.31. The Morgan fingerprint density at radius 2 is 1.78 bits per heavy atom. The van der Waals surface area contributed by atoms with Crippen LogP contribution in [0.25, 0.3) is 0 Å². The number of rotatable bonds is 8. The second kappa shape index (κ2) is 8.73. The summed E-state index contributed by atoms with van der Waals surface area (Å²) in [6, 6.07) is 19.2. The molecule has 2 nitrogen and oxygen atoms in total. The van der Waals surface area contributed by atoms with Gasteiger partial charge in [-0.05, 0) is 48.6 Å². The first-order valence-electron chi connectivity index (χ1n) is 8.50. The van der Waals surface area contributed by atoms with E-state index in [1.807, 2.05) is 6.07 Å².